The Morgan fingerprint density at radius 2 is 2.12 bits per heavy atom. The van der Waals surface area contributed by atoms with E-state index in [4.69, 9.17) is 21.1 Å². The Morgan fingerprint density at radius 1 is 1.28 bits per heavy atom. The lowest BCUT2D eigenvalue weighted by atomic mass is 9.92. The van der Waals surface area contributed by atoms with Crippen molar-refractivity contribution in [1.82, 2.24) is 20.4 Å². The molecule has 4 aliphatic rings. The largest absolute Gasteiger partial charge is 0.387 e. The van der Waals surface area contributed by atoms with Crippen LogP contribution >= 0.6 is 11.6 Å². The third kappa shape index (κ3) is 3.81. The van der Waals surface area contributed by atoms with Gasteiger partial charge in [-0.15, -0.1) is 0 Å². The lowest BCUT2D eigenvalue weighted by Gasteiger charge is -2.44. The number of likely N-dealkylation sites (N-methyl/N-ethyl adjacent to an activating group) is 1. The SMILES string of the molecule is CCCN1CNC2C(=CCN2[C@@H]2O[C@H]([C@@H]3OCCc4cc(Cl)ccc43)[C@@H](O)[C@H]2O)C1NC. The molecule has 0 bridgehead atoms. The van der Waals surface area contributed by atoms with Crippen LogP contribution in [0.1, 0.15) is 30.6 Å². The first-order chi connectivity index (χ1) is 15.5. The predicted molar refractivity (Wildman–Crippen MR) is 121 cm³/mol. The van der Waals surface area contributed by atoms with E-state index in [-0.39, 0.29) is 12.3 Å². The quantitative estimate of drug-likeness (QED) is 0.476. The first kappa shape index (κ1) is 22.7. The Kier molecular flexibility index (Phi) is 6.59. The summed E-state index contributed by atoms with van der Waals surface area (Å²) in [4.78, 5) is 4.47. The molecule has 0 radical (unpaired) electrons. The summed E-state index contributed by atoms with van der Waals surface area (Å²) >= 11 is 6.17. The van der Waals surface area contributed by atoms with Gasteiger partial charge in [-0.1, -0.05) is 30.7 Å². The Hall–Kier alpha value is -1.07. The lowest BCUT2D eigenvalue weighted by molar-refractivity contribution is -0.140. The van der Waals surface area contributed by atoms with Gasteiger partial charge in [0, 0.05) is 18.1 Å². The summed E-state index contributed by atoms with van der Waals surface area (Å²) in [6.07, 6.45) is 0.342. The van der Waals surface area contributed by atoms with Crippen LogP contribution in [0, 0.1) is 0 Å². The third-order valence-corrected chi connectivity index (χ3v) is 7.35. The van der Waals surface area contributed by atoms with Crippen molar-refractivity contribution >= 4 is 11.6 Å². The van der Waals surface area contributed by atoms with Gasteiger partial charge in [0.15, 0.2) is 0 Å². The molecule has 4 N–H and O–H groups in total. The minimum atomic E-state index is -1.05. The molecular weight excluding hydrogens is 432 g/mol. The number of benzene rings is 1. The Morgan fingerprint density at radius 3 is 2.91 bits per heavy atom. The molecule has 2 unspecified atom stereocenters. The molecule has 0 amide bonds. The molecule has 4 aliphatic heterocycles. The molecule has 9 heteroatoms. The van der Waals surface area contributed by atoms with Gasteiger partial charge in [-0.3, -0.25) is 15.1 Å². The fourth-order valence-electron chi connectivity index (χ4n) is 5.65. The first-order valence-corrected chi connectivity index (χ1v) is 11.9. The van der Waals surface area contributed by atoms with E-state index in [1.807, 2.05) is 25.2 Å². The van der Waals surface area contributed by atoms with Crippen molar-refractivity contribution < 1.29 is 19.7 Å². The molecule has 176 valence electrons. The fraction of sp³-hybridized carbons (Fsp3) is 0.652. The number of halogens is 1. The molecule has 7 atom stereocenters. The van der Waals surface area contributed by atoms with Gasteiger partial charge in [0.1, 0.15) is 30.6 Å². The van der Waals surface area contributed by atoms with E-state index < -0.39 is 30.6 Å². The van der Waals surface area contributed by atoms with Crippen molar-refractivity contribution in [2.45, 2.75) is 62.7 Å². The van der Waals surface area contributed by atoms with E-state index >= 15 is 0 Å². The number of aliphatic hydroxyl groups excluding tert-OH is 2. The van der Waals surface area contributed by atoms with Crippen LogP contribution in [0.2, 0.25) is 5.02 Å². The molecule has 0 spiro atoms. The number of hydrogen-bond donors (Lipinski definition) is 4. The molecule has 8 nitrogen and oxygen atoms in total. The number of nitrogens with one attached hydrogen (secondary N) is 2. The topological polar surface area (TPSA) is 89.5 Å². The fourth-order valence-corrected chi connectivity index (χ4v) is 5.85. The van der Waals surface area contributed by atoms with E-state index in [0.717, 1.165) is 37.2 Å². The maximum absolute atomic E-state index is 11.0. The monoisotopic (exact) mass is 464 g/mol. The van der Waals surface area contributed by atoms with Crippen molar-refractivity contribution in [3.8, 4) is 0 Å². The summed E-state index contributed by atoms with van der Waals surface area (Å²) in [5.41, 5.74) is 3.31. The van der Waals surface area contributed by atoms with Crippen LogP contribution in [-0.4, -0.2) is 90.3 Å². The second kappa shape index (κ2) is 9.29. The van der Waals surface area contributed by atoms with E-state index in [2.05, 4.69) is 33.4 Å². The summed E-state index contributed by atoms with van der Waals surface area (Å²) in [7, 11) is 1.98. The number of rotatable bonds is 5. The summed E-state index contributed by atoms with van der Waals surface area (Å²) in [6, 6.07) is 5.72. The van der Waals surface area contributed by atoms with Crippen molar-refractivity contribution in [3.05, 3.63) is 46.0 Å². The van der Waals surface area contributed by atoms with Crippen molar-refractivity contribution in [1.29, 1.82) is 0 Å². The highest BCUT2D eigenvalue weighted by Gasteiger charge is 2.53. The van der Waals surface area contributed by atoms with Gasteiger partial charge in [-0.05, 0) is 48.7 Å². The molecule has 0 aromatic heterocycles. The van der Waals surface area contributed by atoms with Crippen LogP contribution < -0.4 is 10.6 Å². The summed E-state index contributed by atoms with van der Waals surface area (Å²) < 4.78 is 12.4. The highest BCUT2D eigenvalue weighted by Crippen LogP contribution is 2.40. The summed E-state index contributed by atoms with van der Waals surface area (Å²) in [6.45, 7) is 5.09. The van der Waals surface area contributed by atoms with Crippen molar-refractivity contribution in [2.24, 2.45) is 0 Å². The number of aliphatic hydroxyl groups is 2. The van der Waals surface area contributed by atoms with Crippen molar-refractivity contribution in [2.75, 3.05) is 33.4 Å². The van der Waals surface area contributed by atoms with Gasteiger partial charge >= 0.3 is 0 Å². The Balaban J connectivity index is 1.34. The normalized spacial score (nSPS) is 37.9. The molecule has 0 saturated carbocycles. The smallest absolute Gasteiger partial charge is 0.141 e. The van der Waals surface area contributed by atoms with E-state index in [1.54, 1.807) is 0 Å². The number of hydrogen-bond acceptors (Lipinski definition) is 8. The zero-order valence-corrected chi connectivity index (χ0v) is 19.3. The molecule has 5 rings (SSSR count). The van der Waals surface area contributed by atoms with Crippen LogP contribution in [0.25, 0.3) is 0 Å². The van der Waals surface area contributed by atoms with Gasteiger partial charge in [0.2, 0.25) is 0 Å². The third-order valence-electron chi connectivity index (χ3n) is 7.12. The first-order valence-electron chi connectivity index (χ1n) is 11.6. The summed E-state index contributed by atoms with van der Waals surface area (Å²) in [5, 5.41) is 29.6. The minimum Gasteiger partial charge on any atom is -0.387 e. The lowest BCUT2D eigenvalue weighted by Crippen LogP contribution is -2.63. The molecule has 1 aromatic rings. The average molecular weight is 465 g/mol. The number of nitrogens with zero attached hydrogens (tertiary/aromatic N) is 2. The Bertz CT molecular complexity index is 870. The summed E-state index contributed by atoms with van der Waals surface area (Å²) in [5.74, 6) is 0. The van der Waals surface area contributed by atoms with Gasteiger partial charge in [-0.25, -0.2) is 0 Å². The van der Waals surface area contributed by atoms with Crippen LogP contribution in [0.15, 0.2) is 29.8 Å². The molecule has 32 heavy (non-hydrogen) atoms. The van der Waals surface area contributed by atoms with Crippen LogP contribution in [0.4, 0.5) is 0 Å². The average Bonchev–Trinajstić information content (AvgIpc) is 3.34. The molecule has 2 fully saturated rings. The molecule has 2 saturated heterocycles. The van der Waals surface area contributed by atoms with Gasteiger partial charge in [0.05, 0.1) is 25.6 Å². The molecule has 0 aliphatic carbocycles. The van der Waals surface area contributed by atoms with E-state index in [9.17, 15) is 10.2 Å². The molecular formula is C23H33ClN4O4. The van der Waals surface area contributed by atoms with E-state index in [1.165, 1.54) is 5.57 Å². The second-order valence-electron chi connectivity index (χ2n) is 9.03. The second-order valence-corrected chi connectivity index (χ2v) is 9.46. The molecule has 4 heterocycles. The maximum atomic E-state index is 11.0. The zero-order valence-electron chi connectivity index (χ0n) is 18.6. The van der Waals surface area contributed by atoms with Crippen LogP contribution in [0.3, 0.4) is 0 Å². The minimum absolute atomic E-state index is 0.0514. The standard InChI is InChI=1S/C23H33ClN4O4/c1-3-8-27-12-26-22-16(21(27)25-2)6-9-28(22)23-18(30)17(29)20(32-23)19-15-5-4-14(24)11-13(15)7-10-31-19/h4-6,11,17-23,25-26,29-30H,3,7-10,12H2,1-2H3/t17-,18+,19+,20-,21?,22?,23+/m0/s1. The van der Waals surface area contributed by atoms with Gasteiger partial charge in [-0.2, -0.15) is 0 Å². The molecule has 1 aromatic carbocycles. The highest BCUT2D eigenvalue weighted by atomic mass is 35.5. The van der Waals surface area contributed by atoms with E-state index in [0.29, 0.717) is 18.2 Å². The zero-order chi connectivity index (χ0) is 22.4. The van der Waals surface area contributed by atoms with Gasteiger partial charge in [0.25, 0.3) is 0 Å². The number of ether oxygens (including phenoxy) is 2. The van der Waals surface area contributed by atoms with Crippen LogP contribution in [0.5, 0.6) is 0 Å². The van der Waals surface area contributed by atoms with Crippen LogP contribution in [-0.2, 0) is 15.9 Å². The predicted octanol–water partition coefficient (Wildman–Crippen LogP) is 0.787. The highest BCUT2D eigenvalue weighted by molar-refractivity contribution is 6.30. The number of fused-ring (bicyclic) bond motifs is 2. The van der Waals surface area contributed by atoms with Gasteiger partial charge < -0.3 is 25.0 Å². The Labute approximate surface area is 194 Å². The van der Waals surface area contributed by atoms with Crippen molar-refractivity contribution in [3.63, 3.8) is 0 Å². The maximum Gasteiger partial charge on any atom is 0.141 e.